The smallest absolute Gasteiger partial charge is 0.0117 e. The standard InChI is InChI=1S/C8H17Br/c1-7(2)5-4-6-8(3)9/h7-8H,4-6H2,1-3H3/t8-/m0/s1. The first-order chi connectivity index (χ1) is 4.13. The molecule has 0 heterocycles. The Morgan fingerprint density at radius 1 is 1.11 bits per heavy atom. The molecule has 0 aliphatic heterocycles. The van der Waals surface area contributed by atoms with Crippen LogP contribution in [0.2, 0.25) is 0 Å². The Bertz CT molecular complexity index is 49.6. The summed E-state index contributed by atoms with van der Waals surface area (Å²) in [4.78, 5) is 0.705. The van der Waals surface area contributed by atoms with E-state index in [4.69, 9.17) is 0 Å². The Morgan fingerprint density at radius 2 is 1.67 bits per heavy atom. The Kier molecular flexibility index (Phi) is 5.56. The molecule has 56 valence electrons. The van der Waals surface area contributed by atoms with E-state index in [1.165, 1.54) is 19.3 Å². The molecule has 0 aliphatic carbocycles. The number of hydrogen-bond donors (Lipinski definition) is 0. The predicted octanol–water partition coefficient (Wildman–Crippen LogP) is 3.60. The quantitative estimate of drug-likeness (QED) is 0.598. The summed E-state index contributed by atoms with van der Waals surface area (Å²) in [6.45, 7) is 6.76. The van der Waals surface area contributed by atoms with Gasteiger partial charge in [-0.3, -0.25) is 0 Å². The summed E-state index contributed by atoms with van der Waals surface area (Å²) >= 11 is 3.52. The van der Waals surface area contributed by atoms with Crippen LogP contribution in [-0.2, 0) is 0 Å². The van der Waals surface area contributed by atoms with Crippen molar-refractivity contribution in [3.8, 4) is 0 Å². The summed E-state index contributed by atoms with van der Waals surface area (Å²) in [6.07, 6.45) is 4.05. The molecule has 0 rings (SSSR count). The Hall–Kier alpha value is 0.480. The molecule has 0 saturated heterocycles. The van der Waals surface area contributed by atoms with Crippen LogP contribution in [0.15, 0.2) is 0 Å². The van der Waals surface area contributed by atoms with Gasteiger partial charge in [0.15, 0.2) is 0 Å². The first-order valence-corrected chi connectivity index (χ1v) is 4.68. The van der Waals surface area contributed by atoms with Crippen molar-refractivity contribution in [2.75, 3.05) is 0 Å². The van der Waals surface area contributed by atoms with Crippen molar-refractivity contribution >= 4 is 15.9 Å². The van der Waals surface area contributed by atoms with Crippen molar-refractivity contribution in [3.63, 3.8) is 0 Å². The third-order valence-electron chi connectivity index (χ3n) is 1.38. The molecule has 0 aromatic heterocycles. The van der Waals surface area contributed by atoms with Crippen LogP contribution in [0.5, 0.6) is 0 Å². The topological polar surface area (TPSA) is 0 Å². The van der Waals surface area contributed by atoms with E-state index in [1.54, 1.807) is 0 Å². The second-order valence-corrected chi connectivity index (χ2v) is 4.67. The van der Waals surface area contributed by atoms with E-state index in [0.717, 1.165) is 5.92 Å². The van der Waals surface area contributed by atoms with Crippen LogP contribution in [-0.4, -0.2) is 4.83 Å². The molecule has 0 N–H and O–H groups in total. The molecule has 0 aromatic rings. The lowest BCUT2D eigenvalue weighted by Gasteiger charge is -2.04. The van der Waals surface area contributed by atoms with Crippen LogP contribution in [0.4, 0.5) is 0 Å². The third kappa shape index (κ3) is 8.48. The molecule has 0 fully saturated rings. The first kappa shape index (κ1) is 9.48. The fraction of sp³-hybridized carbons (Fsp3) is 1.00. The highest BCUT2D eigenvalue weighted by Crippen LogP contribution is 2.12. The fourth-order valence-corrected chi connectivity index (χ4v) is 1.13. The molecular weight excluding hydrogens is 176 g/mol. The molecule has 0 aromatic carbocycles. The normalized spacial score (nSPS) is 14.3. The highest BCUT2D eigenvalue weighted by molar-refractivity contribution is 9.09. The molecule has 0 nitrogen and oxygen atoms in total. The van der Waals surface area contributed by atoms with Gasteiger partial charge in [-0.15, -0.1) is 0 Å². The molecule has 0 unspecified atom stereocenters. The number of alkyl halides is 1. The Balaban J connectivity index is 2.91. The number of halogens is 1. The molecule has 0 aliphatic rings. The maximum absolute atomic E-state index is 3.52. The zero-order valence-electron chi connectivity index (χ0n) is 6.65. The summed E-state index contributed by atoms with van der Waals surface area (Å²) in [5.41, 5.74) is 0. The SMILES string of the molecule is CC(C)CCC[C@H](C)Br. The maximum atomic E-state index is 3.52. The van der Waals surface area contributed by atoms with Crippen LogP contribution in [0.25, 0.3) is 0 Å². The molecule has 0 spiro atoms. The van der Waals surface area contributed by atoms with Crippen molar-refractivity contribution in [2.45, 2.75) is 44.9 Å². The van der Waals surface area contributed by atoms with Gasteiger partial charge in [0, 0.05) is 4.83 Å². The van der Waals surface area contributed by atoms with Crippen molar-refractivity contribution in [1.29, 1.82) is 0 Å². The zero-order valence-corrected chi connectivity index (χ0v) is 8.24. The largest absolute Gasteiger partial charge is 0.0894 e. The average Bonchev–Trinajstić information content (AvgIpc) is 1.63. The van der Waals surface area contributed by atoms with Gasteiger partial charge in [0.2, 0.25) is 0 Å². The van der Waals surface area contributed by atoms with Gasteiger partial charge in [0.1, 0.15) is 0 Å². The minimum absolute atomic E-state index is 0.705. The summed E-state index contributed by atoms with van der Waals surface area (Å²) < 4.78 is 0. The monoisotopic (exact) mass is 192 g/mol. The van der Waals surface area contributed by atoms with Gasteiger partial charge < -0.3 is 0 Å². The minimum Gasteiger partial charge on any atom is -0.0894 e. The molecule has 9 heavy (non-hydrogen) atoms. The average molecular weight is 193 g/mol. The lowest BCUT2D eigenvalue weighted by Crippen LogP contribution is -1.92. The third-order valence-corrected chi connectivity index (χ3v) is 1.84. The zero-order chi connectivity index (χ0) is 7.28. The number of rotatable bonds is 4. The highest BCUT2D eigenvalue weighted by atomic mass is 79.9. The van der Waals surface area contributed by atoms with Crippen LogP contribution in [0, 0.1) is 5.92 Å². The summed E-state index contributed by atoms with van der Waals surface area (Å²) in [5.74, 6) is 0.872. The van der Waals surface area contributed by atoms with E-state index in [-0.39, 0.29) is 0 Å². The van der Waals surface area contributed by atoms with E-state index in [0.29, 0.717) is 4.83 Å². The van der Waals surface area contributed by atoms with E-state index >= 15 is 0 Å². The molecule has 1 atom stereocenters. The molecule has 0 radical (unpaired) electrons. The molecular formula is C8H17Br. The van der Waals surface area contributed by atoms with Crippen LogP contribution in [0.1, 0.15) is 40.0 Å². The minimum atomic E-state index is 0.705. The van der Waals surface area contributed by atoms with Crippen LogP contribution < -0.4 is 0 Å². The van der Waals surface area contributed by atoms with E-state index in [2.05, 4.69) is 36.7 Å². The second kappa shape index (κ2) is 5.28. The van der Waals surface area contributed by atoms with Gasteiger partial charge in [0.25, 0.3) is 0 Å². The fourth-order valence-electron chi connectivity index (χ4n) is 0.807. The molecule has 0 amide bonds. The number of hydrogen-bond acceptors (Lipinski definition) is 0. The van der Waals surface area contributed by atoms with Crippen molar-refractivity contribution in [1.82, 2.24) is 0 Å². The van der Waals surface area contributed by atoms with Crippen molar-refractivity contribution in [2.24, 2.45) is 5.92 Å². The van der Waals surface area contributed by atoms with E-state index < -0.39 is 0 Å². The van der Waals surface area contributed by atoms with Crippen LogP contribution >= 0.6 is 15.9 Å². The Labute approximate surface area is 67.2 Å². The molecule has 0 saturated carbocycles. The van der Waals surface area contributed by atoms with Crippen LogP contribution in [0.3, 0.4) is 0 Å². The van der Waals surface area contributed by atoms with Gasteiger partial charge in [-0.2, -0.15) is 0 Å². The van der Waals surface area contributed by atoms with Gasteiger partial charge in [-0.25, -0.2) is 0 Å². The lowest BCUT2D eigenvalue weighted by molar-refractivity contribution is 0.539. The van der Waals surface area contributed by atoms with Crippen molar-refractivity contribution < 1.29 is 0 Å². The van der Waals surface area contributed by atoms with Gasteiger partial charge in [0.05, 0.1) is 0 Å². The molecule has 0 bridgehead atoms. The molecule has 1 heteroatoms. The van der Waals surface area contributed by atoms with Gasteiger partial charge in [-0.1, -0.05) is 49.5 Å². The lowest BCUT2D eigenvalue weighted by atomic mass is 10.1. The predicted molar refractivity (Wildman–Crippen MR) is 47.1 cm³/mol. The highest BCUT2D eigenvalue weighted by Gasteiger charge is 1.96. The maximum Gasteiger partial charge on any atom is 0.0117 e. The Morgan fingerprint density at radius 3 is 2.00 bits per heavy atom. The summed E-state index contributed by atoms with van der Waals surface area (Å²) in [5, 5.41) is 0. The van der Waals surface area contributed by atoms with E-state index in [9.17, 15) is 0 Å². The summed E-state index contributed by atoms with van der Waals surface area (Å²) in [7, 11) is 0. The first-order valence-electron chi connectivity index (χ1n) is 3.77. The van der Waals surface area contributed by atoms with Gasteiger partial charge >= 0.3 is 0 Å². The van der Waals surface area contributed by atoms with Crippen molar-refractivity contribution in [3.05, 3.63) is 0 Å². The van der Waals surface area contributed by atoms with Gasteiger partial charge in [-0.05, 0) is 12.3 Å². The van der Waals surface area contributed by atoms with E-state index in [1.807, 2.05) is 0 Å². The second-order valence-electron chi connectivity index (χ2n) is 3.11. The summed E-state index contributed by atoms with van der Waals surface area (Å²) in [6, 6.07) is 0.